The van der Waals surface area contributed by atoms with Gasteiger partial charge in [-0.15, -0.1) is 0 Å². The number of fused-ring (bicyclic) bond motifs is 1. The summed E-state index contributed by atoms with van der Waals surface area (Å²) >= 11 is 0. The van der Waals surface area contributed by atoms with Gasteiger partial charge in [-0.25, -0.2) is 9.97 Å². The van der Waals surface area contributed by atoms with Gasteiger partial charge < -0.3 is 39.8 Å². The van der Waals surface area contributed by atoms with Crippen molar-refractivity contribution in [2.75, 3.05) is 18.9 Å². The summed E-state index contributed by atoms with van der Waals surface area (Å²) in [5, 5.41) is 29.1. The lowest BCUT2D eigenvalue weighted by Crippen LogP contribution is -2.36. The highest BCUT2D eigenvalue weighted by Gasteiger charge is 2.48. The third-order valence-electron chi connectivity index (χ3n) is 6.00. The third kappa shape index (κ3) is 5.48. The number of aliphatic hydroxyl groups is 3. The molecule has 0 aromatic carbocycles. The van der Waals surface area contributed by atoms with E-state index in [1.807, 2.05) is 0 Å². The Morgan fingerprint density at radius 2 is 1.91 bits per heavy atom. The second-order valence-corrected chi connectivity index (χ2v) is 10.1. The van der Waals surface area contributed by atoms with Gasteiger partial charge in [-0.2, -0.15) is 0 Å². The third-order valence-corrected chi connectivity index (χ3v) is 8.37. The van der Waals surface area contributed by atoms with E-state index in [1.165, 1.54) is 6.33 Å². The number of nitrogen functional groups attached to an aromatic ring is 1. The van der Waals surface area contributed by atoms with Gasteiger partial charge >= 0.3 is 7.60 Å². The van der Waals surface area contributed by atoms with Crippen LogP contribution in [0.5, 0.6) is 0 Å². The number of nitrogens with two attached hydrogens (primary N) is 1. The molecule has 2 unspecified atom stereocenters. The molecular formula is C20H35N4O7P. The van der Waals surface area contributed by atoms with Crippen LogP contribution in [0.25, 0.3) is 11.0 Å². The molecule has 4 atom stereocenters. The SMILES string of the molecule is CCC(C)(CCO[C@H]([C@H](O)CO)n1ccc2c(N)ncnc21)OP(=O)(O)C(O)(CC)CC. The predicted octanol–water partition coefficient (Wildman–Crippen LogP) is 2.15. The maximum atomic E-state index is 12.8. The van der Waals surface area contributed by atoms with E-state index in [9.17, 15) is 24.8 Å². The van der Waals surface area contributed by atoms with Gasteiger partial charge in [-0.3, -0.25) is 4.57 Å². The maximum Gasteiger partial charge on any atom is 0.359 e. The molecule has 12 heteroatoms. The van der Waals surface area contributed by atoms with E-state index >= 15 is 0 Å². The van der Waals surface area contributed by atoms with Crippen molar-refractivity contribution in [3.05, 3.63) is 18.6 Å². The van der Waals surface area contributed by atoms with E-state index in [0.29, 0.717) is 17.5 Å². The van der Waals surface area contributed by atoms with Crippen LogP contribution >= 0.6 is 7.60 Å². The number of ether oxygens (including phenoxy) is 1. The minimum absolute atomic E-state index is 0.0307. The Kier molecular flexibility index (Phi) is 8.80. The number of hydrogen-bond acceptors (Lipinski definition) is 9. The average Bonchev–Trinajstić information content (AvgIpc) is 3.20. The molecular weight excluding hydrogens is 439 g/mol. The highest BCUT2D eigenvalue weighted by atomic mass is 31.2. The molecule has 2 aromatic rings. The van der Waals surface area contributed by atoms with Gasteiger partial charge in [-0.05, 0) is 32.3 Å². The number of aromatic nitrogens is 3. The molecule has 32 heavy (non-hydrogen) atoms. The first-order valence-corrected chi connectivity index (χ1v) is 12.3. The molecule has 0 aliphatic heterocycles. The zero-order chi connectivity index (χ0) is 24.2. The van der Waals surface area contributed by atoms with Crippen LogP contribution < -0.4 is 5.73 Å². The van der Waals surface area contributed by atoms with Gasteiger partial charge in [0.25, 0.3) is 0 Å². The van der Waals surface area contributed by atoms with Gasteiger partial charge in [-0.1, -0.05) is 20.8 Å². The van der Waals surface area contributed by atoms with Gasteiger partial charge in [0.05, 0.1) is 24.2 Å². The highest BCUT2D eigenvalue weighted by molar-refractivity contribution is 7.54. The first-order valence-electron chi connectivity index (χ1n) is 10.7. The van der Waals surface area contributed by atoms with Crippen LogP contribution in [-0.2, 0) is 13.8 Å². The molecule has 6 N–H and O–H groups in total. The van der Waals surface area contributed by atoms with E-state index < -0.39 is 37.5 Å². The van der Waals surface area contributed by atoms with Crippen molar-refractivity contribution in [1.82, 2.24) is 14.5 Å². The molecule has 182 valence electrons. The largest absolute Gasteiger partial charge is 0.394 e. The second kappa shape index (κ2) is 10.6. The zero-order valence-corrected chi connectivity index (χ0v) is 19.9. The second-order valence-electron chi connectivity index (χ2n) is 8.09. The molecule has 2 heterocycles. The van der Waals surface area contributed by atoms with Crippen LogP contribution in [-0.4, -0.2) is 65.0 Å². The Hall–Kier alpha value is -1.59. The van der Waals surface area contributed by atoms with Crippen molar-refractivity contribution in [2.24, 2.45) is 0 Å². The zero-order valence-electron chi connectivity index (χ0n) is 19.0. The van der Waals surface area contributed by atoms with Crippen molar-refractivity contribution >= 4 is 24.4 Å². The lowest BCUT2D eigenvalue weighted by molar-refractivity contribution is -0.107. The van der Waals surface area contributed by atoms with E-state index in [2.05, 4.69) is 9.97 Å². The van der Waals surface area contributed by atoms with Crippen LogP contribution in [0.1, 0.15) is 59.6 Å². The molecule has 0 saturated heterocycles. The molecule has 0 saturated carbocycles. The van der Waals surface area contributed by atoms with Crippen LogP contribution in [0.2, 0.25) is 0 Å². The van der Waals surface area contributed by atoms with Gasteiger partial charge in [0.1, 0.15) is 23.9 Å². The summed E-state index contributed by atoms with van der Waals surface area (Å²) < 4.78 is 25.8. The van der Waals surface area contributed by atoms with Crippen molar-refractivity contribution in [3.8, 4) is 0 Å². The van der Waals surface area contributed by atoms with Crippen molar-refractivity contribution in [2.45, 2.75) is 76.7 Å². The molecule has 11 nitrogen and oxygen atoms in total. The summed E-state index contributed by atoms with van der Waals surface area (Å²) in [6.07, 6.45) is 1.39. The summed E-state index contributed by atoms with van der Waals surface area (Å²) in [5.41, 5.74) is 5.23. The fourth-order valence-electron chi connectivity index (χ4n) is 3.38. The summed E-state index contributed by atoms with van der Waals surface area (Å²) in [4.78, 5) is 18.6. The molecule has 0 aliphatic rings. The molecule has 2 rings (SSSR count). The Bertz CT molecular complexity index is 936. The number of aliphatic hydroxyl groups excluding tert-OH is 2. The highest BCUT2D eigenvalue weighted by Crippen LogP contribution is 2.60. The standard InChI is InChI=1S/C20H35N4O7P/c1-5-19(4,31-32(28,29)20(27,6-2)7-3)9-11-30-18(15(26)12-25)24-10-8-14-16(21)22-13-23-17(14)24/h8,10,13,15,18,25-27H,5-7,9,11-12H2,1-4H3,(H,28,29)(H2,21,22,23)/t15-,18-,19?/m1/s1. The predicted molar refractivity (Wildman–Crippen MR) is 120 cm³/mol. The fourth-order valence-corrected chi connectivity index (χ4v) is 5.17. The van der Waals surface area contributed by atoms with Gasteiger partial charge in [0, 0.05) is 12.6 Å². The first kappa shape index (κ1) is 26.7. The van der Waals surface area contributed by atoms with Crippen LogP contribution in [0.4, 0.5) is 5.82 Å². The van der Waals surface area contributed by atoms with Crippen molar-refractivity contribution < 1.29 is 34.0 Å². The summed E-state index contributed by atoms with van der Waals surface area (Å²) in [6.45, 7) is 6.19. The minimum Gasteiger partial charge on any atom is -0.394 e. The Balaban J connectivity index is 2.19. The van der Waals surface area contributed by atoms with Crippen molar-refractivity contribution in [3.63, 3.8) is 0 Å². The lowest BCUT2D eigenvalue weighted by Gasteiger charge is -2.37. The molecule has 2 aromatic heterocycles. The van der Waals surface area contributed by atoms with E-state index in [0.717, 1.165) is 0 Å². The van der Waals surface area contributed by atoms with E-state index in [1.54, 1.807) is 44.5 Å². The average molecular weight is 474 g/mol. The topological polar surface area (TPSA) is 173 Å². The Morgan fingerprint density at radius 1 is 1.25 bits per heavy atom. The van der Waals surface area contributed by atoms with Crippen LogP contribution in [0.3, 0.4) is 0 Å². The van der Waals surface area contributed by atoms with E-state index in [-0.39, 0.29) is 31.7 Å². The lowest BCUT2D eigenvalue weighted by atomic mass is 10.0. The Morgan fingerprint density at radius 3 is 2.47 bits per heavy atom. The number of nitrogens with zero attached hydrogens (tertiary/aromatic N) is 3. The van der Waals surface area contributed by atoms with Gasteiger partial charge in [0.2, 0.25) is 0 Å². The van der Waals surface area contributed by atoms with Gasteiger partial charge in [0.15, 0.2) is 11.6 Å². The smallest absolute Gasteiger partial charge is 0.359 e. The first-order chi connectivity index (χ1) is 15.0. The number of anilines is 1. The van der Waals surface area contributed by atoms with Crippen molar-refractivity contribution in [1.29, 1.82) is 0 Å². The minimum atomic E-state index is -4.35. The van der Waals surface area contributed by atoms with E-state index in [4.69, 9.17) is 15.0 Å². The molecule has 0 fully saturated rings. The quantitative estimate of drug-likeness (QED) is 0.271. The number of hydrogen-bond donors (Lipinski definition) is 5. The monoisotopic (exact) mass is 474 g/mol. The summed E-state index contributed by atoms with van der Waals surface area (Å²) in [6, 6.07) is 1.68. The molecule has 0 aliphatic carbocycles. The molecule has 0 radical (unpaired) electrons. The maximum absolute atomic E-state index is 12.8. The van der Waals surface area contributed by atoms with Crippen LogP contribution in [0, 0.1) is 0 Å². The normalized spacial score (nSPS) is 18.2. The Labute approximate surface area is 187 Å². The summed E-state index contributed by atoms with van der Waals surface area (Å²) in [5.74, 6) is 0.274. The van der Waals surface area contributed by atoms with Crippen LogP contribution in [0.15, 0.2) is 18.6 Å². The molecule has 0 bridgehead atoms. The molecule has 0 amide bonds. The molecule has 0 spiro atoms. The number of rotatable bonds is 13. The summed E-state index contributed by atoms with van der Waals surface area (Å²) in [7, 11) is -4.35. The fraction of sp³-hybridized carbons (Fsp3) is 0.700.